The fourth-order valence-corrected chi connectivity index (χ4v) is 2.42. The summed E-state index contributed by atoms with van der Waals surface area (Å²) in [5, 5.41) is 2.90. The summed E-state index contributed by atoms with van der Waals surface area (Å²) in [5.74, 6) is -0.633. The second kappa shape index (κ2) is 8.89. The van der Waals surface area contributed by atoms with Crippen LogP contribution in [0.3, 0.4) is 0 Å². The summed E-state index contributed by atoms with van der Waals surface area (Å²) in [4.78, 5) is 25.7. The molecule has 130 valence electrons. The van der Waals surface area contributed by atoms with Crippen molar-refractivity contribution in [3.05, 3.63) is 28.8 Å². The number of anilines is 1. The van der Waals surface area contributed by atoms with Crippen LogP contribution in [0.1, 0.15) is 30.5 Å². The van der Waals surface area contributed by atoms with Gasteiger partial charge in [0.1, 0.15) is 0 Å². The SMILES string of the molecule is Cc1cc(C)c(NC(=O)CN(C)C(=O)C(C)C(C)N)c(C)c1.Cl. The van der Waals surface area contributed by atoms with E-state index in [0.29, 0.717) is 0 Å². The van der Waals surface area contributed by atoms with Gasteiger partial charge < -0.3 is 16.0 Å². The Kier molecular flexibility index (Phi) is 8.28. The van der Waals surface area contributed by atoms with Gasteiger partial charge in [0.2, 0.25) is 11.8 Å². The molecule has 6 heteroatoms. The van der Waals surface area contributed by atoms with Crippen LogP contribution in [0.15, 0.2) is 12.1 Å². The minimum Gasteiger partial charge on any atom is -0.336 e. The summed E-state index contributed by atoms with van der Waals surface area (Å²) in [7, 11) is 1.62. The Morgan fingerprint density at radius 3 is 2.09 bits per heavy atom. The Balaban J connectivity index is 0.00000484. The lowest BCUT2D eigenvalue weighted by molar-refractivity contribution is -0.136. The summed E-state index contributed by atoms with van der Waals surface area (Å²) in [6, 6.07) is 3.81. The van der Waals surface area contributed by atoms with Gasteiger partial charge in [0, 0.05) is 18.8 Å². The number of benzene rings is 1. The number of halogens is 1. The van der Waals surface area contributed by atoms with Crippen molar-refractivity contribution in [1.29, 1.82) is 0 Å². The number of rotatable bonds is 5. The van der Waals surface area contributed by atoms with Gasteiger partial charge in [-0.15, -0.1) is 12.4 Å². The molecule has 2 unspecified atom stereocenters. The van der Waals surface area contributed by atoms with Crippen LogP contribution < -0.4 is 11.1 Å². The van der Waals surface area contributed by atoms with Crippen molar-refractivity contribution in [2.75, 3.05) is 18.9 Å². The molecule has 0 heterocycles. The molecule has 0 aliphatic rings. The first-order valence-corrected chi connectivity index (χ1v) is 7.51. The van der Waals surface area contributed by atoms with Crippen molar-refractivity contribution >= 4 is 29.9 Å². The number of nitrogens with two attached hydrogens (primary N) is 1. The average Bonchev–Trinajstić information content (AvgIpc) is 2.40. The molecule has 1 aromatic rings. The predicted molar refractivity (Wildman–Crippen MR) is 97.0 cm³/mol. The van der Waals surface area contributed by atoms with Gasteiger partial charge >= 0.3 is 0 Å². The number of nitrogens with one attached hydrogen (secondary N) is 1. The highest BCUT2D eigenvalue weighted by Gasteiger charge is 2.22. The molecule has 0 aromatic heterocycles. The van der Waals surface area contributed by atoms with Crippen molar-refractivity contribution in [1.82, 2.24) is 4.90 Å². The topological polar surface area (TPSA) is 75.4 Å². The maximum Gasteiger partial charge on any atom is 0.243 e. The Morgan fingerprint density at radius 1 is 1.17 bits per heavy atom. The van der Waals surface area contributed by atoms with Crippen LogP contribution >= 0.6 is 12.4 Å². The number of hydrogen-bond acceptors (Lipinski definition) is 3. The van der Waals surface area contributed by atoms with E-state index in [9.17, 15) is 9.59 Å². The second-order valence-corrected chi connectivity index (χ2v) is 6.16. The highest BCUT2D eigenvalue weighted by molar-refractivity contribution is 5.96. The van der Waals surface area contributed by atoms with Crippen LogP contribution in [-0.4, -0.2) is 36.3 Å². The van der Waals surface area contributed by atoms with Crippen molar-refractivity contribution in [2.45, 2.75) is 40.7 Å². The molecule has 1 aromatic carbocycles. The zero-order chi connectivity index (χ0) is 17.0. The maximum atomic E-state index is 12.2. The molecular formula is C17H28ClN3O2. The van der Waals surface area contributed by atoms with Crippen LogP contribution in [0, 0.1) is 26.7 Å². The molecule has 23 heavy (non-hydrogen) atoms. The van der Waals surface area contributed by atoms with Gasteiger partial charge in [-0.25, -0.2) is 0 Å². The van der Waals surface area contributed by atoms with Crippen molar-refractivity contribution in [3.63, 3.8) is 0 Å². The molecular weight excluding hydrogens is 314 g/mol. The molecule has 2 atom stereocenters. The van der Waals surface area contributed by atoms with Gasteiger partial charge in [0.05, 0.1) is 12.5 Å². The molecule has 3 N–H and O–H groups in total. The van der Waals surface area contributed by atoms with Crippen molar-refractivity contribution in [2.24, 2.45) is 11.7 Å². The van der Waals surface area contributed by atoms with E-state index in [1.165, 1.54) is 4.90 Å². The van der Waals surface area contributed by atoms with E-state index in [4.69, 9.17) is 5.73 Å². The third kappa shape index (κ3) is 5.84. The minimum atomic E-state index is -0.305. The van der Waals surface area contributed by atoms with E-state index in [-0.39, 0.29) is 42.7 Å². The lowest BCUT2D eigenvalue weighted by Gasteiger charge is -2.23. The number of hydrogen-bond donors (Lipinski definition) is 2. The number of amides is 2. The second-order valence-electron chi connectivity index (χ2n) is 6.16. The normalized spacial score (nSPS) is 12.8. The van der Waals surface area contributed by atoms with E-state index >= 15 is 0 Å². The number of aryl methyl sites for hydroxylation is 3. The molecule has 0 saturated heterocycles. The predicted octanol–water partition coefficient (Wildman–Crippen LogP) is 2.41. The van der Waals surface area contributed by atoms with Gasteiger partial charge in [-0.05, 0) is 38.8 Å². The standard InChI is InChI=1S/C17H27N3O2.ClH/c1-10-7-11(2)16(12(3)8-10)19-15(21)9-20(6)17(22)13(4)14(5)18;/h7-8,13-14H,9,18H2,1-6H3,(H,19,21);1H. The van der Waals surface area contributed by atoms with Crippen LogP contribution in [-0.2, 0) is 9.59 Å². The summed E-state index contributed by atoms with van der Waals surface area (Å²) in [6.07, 6.45) is 0. The molecule has 0 radical (unpaired) electrons. The lowest BCUT2D eigenvalue weighted by Crippen LogP contribution is -2.42. The molecule has 0 aliphatic carbocycles. The van der Waals surface area contributed by atoms with Gasteiger partial charge in [-0.3, -0.25) is 9.59 Å². The first-order chi connectivity index (χ1) is 10.1. The fraction of sp³-hybridized carbons (Fsp3) is 0.529. The third-order valence-electron chi connectivity index (χ3n) is 3.88. The monoisotopic (exact) mass is 341 g/mol. The number of nitrogens with zero attached hydrogens (tertiary/aromatic N) is 1. The zero-order valence-corrected chi connectivity index (χ0v) is 15.6. The van der Waals surface area contributed by atoms with Crippen LogP contribution in [0.4, 0.5) is 5.69 Å². The molecule has 0 fully saturated rings. The molecule has 0 aliphatic heterocycles. The van der Waals surface area contributed by atoms with E-state index in [1.54, 1.807) is 20.9 Å². The largest absolute Gasteiger partial charge is 0.336 e. The Morgan fingerprint density at radius 2 is 1.65 bits per heavy atom. The molecule has 0 saturated carbocycles. The summed E-state index contributed by atoms with van der Waals surface area (Å²) < 4.78 is 0. The molecule has 1 rings (SSSR count). The Labute approximate surface area is 145 Å². The van der Waals surface area contributed by atoms with E-state index < -0.39 is 0 Å². The molecule has 0 spiro atoms. The van der Waals surface area contributed by atoms with Gasteiger partial charge in [0.15, 0.2) is 0 Å². The lowest BCUT2D eigenvalue weighted by atomic mass is 10.0. The molecule has 0 bridgehead atoms. The Hall–Kier alpha value is -1.59. The summed E-state index contributed by atoms with van der Waals surface area (Å²) in [5.41, 5.74) is 9.74. The van der Waals surface area contributed by atoms with Crippen LogP contribution in [0.2, 0.25) is 0 Å². The number of carbonyl (C=O) groups is 2. The van der Waals surface area contributed by atoms with E-state index in [2.05, 4.69) is 5.32 Å². The summed E-state index contributed by atoms with van der Waals surface area (Å²) in [6.45, 7) is 9.52. The zero-order valence-electron chi connectivity index (χ0n) is 14.8. The average molecular weight is 342 g/mol. The fourth-order valence-electron chi connectivity index (χ4n) is 2.42. The third-order valence-corrected chi connectivity index (χ3v) is 3.88. The quantitative estimate of drug-likeness (QED) is 0.863. The number of carbonyl (C=O) groups excluding carboxylic acids is 2. The van der Waals surface area contributed by atoms with Crippen LogP contribution in [0.25, 0.3) is 0 Å². The van der Waals surface area contributed by atoms with E-state index in [1.807, 2.05) is 32.9 Å². The summed E-state index contributed by atoms with van der Waals surface area (Å²) >= 11 is 0. The first kappa shape index (κ1) is 21.4. The van der Waals surface area contributed by atoms with Crippen LogP contribution in [0.5, 0.6) is 0 Å². The first-order valence-electron chi connectivity index (χ1n) is 7.51. The number of likely N-dealkylation sites (N-methyl/N-ethyl adjacent to an activating group) is 1. The van der Waals surface area contributed by atoms with Crippen molar-refractivity contribution < 1.29 is 9.59 Å². The maximum absolute atomic E-state index is 12.2. The van der Waals surface area contributed by atoms with Gasteiger partial charge in [0.25, 0.3) is 0 Å². The van der Waals surface area contributed by atoms with Gasteiger partial charge in [-0.2, -0.15) is 0 Å². The minimum absolute atomic E-state index is 0. The smallest absolute Gasteiger partial charge is 0.243 e. The van der Waals surface area contributed by atoms with E-state index in [0.717, 1.165) is 22.4 Å². The highest BCUT2D eigenvalue weighted by atomic mass is 35.5. The van der Waals surface area contributed by atoms with Crippen molar-refractivity contribution in [3.8, 4) is 0 Å². The highest BCUT2D eigenvalue weighted by Crippen LogP contribution is 2.21. The Bertz CT molecular complexity index is 550. The molecule has 2 amide bonds. The van der Waals surface area contributed by atoms with Gasteiger partial charge in [-0.1, -0.05) is 24.6 Å². The molecule has 5 nitrogen and oxygen atoms in total.